The first kappa shape index (κ1) is 11.9. The van der Waals surface area contributed by atoms with E-state index < -0.39 is 0 Å². The highest BCUT2D eigenvalue weighted by Gasteiger charge is 2.19. The second kappa shape index (κ2) is 4.86. The number of ether oxygens (including phenoxy) is 1. The molecule has 0 aliphatic carbocycles. The van der Waals surface area contributed by atoms with Crippen LogP contribution < -0.4 is 0 Å². The molecule has 18 heavy (non-hydrogen) atoms. The van der Waals surface area contributed by atoms with Gasteiger partial charge in [0.2, 0.25) is 0 Å². The molecule has 1 unspecified atom stereocenters. The van der Waals surface area contributed by atoms with Gasteiger partial charge in [-0.2, -0.15) is 0 Å². The summed E-state index contributed by atoms with van der Waals surface area (Å²) in [6.07, 6.45) is 2.31. The van der Waals surface area contributed by atoms with Crippen LogP contribution in [0.4, 0.5) is 4.39 Å². The highest BCUT2D eigenvalue weighted by atomic mass is 35.5. The van der Waals surface area contributed by atoms with Crippen LogP contribution in [-0.2, 0) is 17.2 Å². The Bertz CT molecular complexity index is 563. The molecule has 0 amide bonds. The highest BCUT2D eigenvalue weighted by molar-refractivity contribution is 6.16. The van der Waals surface area contributed by atoms with E-state index in [2.05, 4.69) is 4.98 Å². The van der Waals surface area contributed by atoms with Crippen LogP contribution in [0.2, 0.25) is 0 Å². The van der Waals surface area contributed by atoms with Gasteiger partial charge in [0, 0.05) is 6.61 Å². The van der Waals surface area contributed by atoms with Crippen molar-refractivity contribution < 1.29 is 9.13 Å². The molecule has 1 fully saturated rings. The number of nitrogens with zero attached hydrogens (tertiary/aromatic N) is 2. The zero-order chi connectivity index (χ0) is 12.5. The van der Waals surface area contributed by atoms with Gasteiger partial charge in [-0.3, -0.25) is 0 Å². The Balaban J connectivity index is 2.03. The number of benzene rings is 1. The summed E-state index contributed by atoms with van der Waals surface area (Å²) in [4.78, 5) is 4.42. The van der Waals surface area contributed by atoms with Crippen LogP contribution >= 0.6 is 11.6 Å². The zero-order valence-electron chi connectivity index (χ0n) is 9.90. The van der Waals surface area contributed by atoms with E-state index in [0.29, 0.717) is 12.4 Å². The van der Waals surface area contributed by atoms with Crippen molar-refractivity contribution in [3.05, 3.63) is 29.8 Å². The van der Waals surface area contributed by atoms with E-state index in [1.807, 2.05) is 4.57 Å². The van der Waals surface area contributed by atoms with Crippen LogP contribution in [0.1, 0.15) is 18.7 Å². The Labute approximate surface area is 110 Å². The first-order valence-corrected chi connectivity index (χ1v) is 6.63. The molecule has 1 aromatic heterocycles. The number of imidazole rings is 1. The number of hydrogen-bond acceptors (Lipinski definition) is 2. The number of halogens is 2. The largest absolute Gasteiger partial charge is 0.376 e. The minimum atomic E-state index is -0.253. The molecule has 0 N–H and O–H groups in total. The predicted octanol–water partition coefficient (Wildman–Crippen LogP) is 3.09. The van der Waals surface area contributed by atoms with Crippen molar-refractivity contribution in [3.8, 4) is 0 Å². The molecule has 1 aromatic carbocycles. The normalized spacial score (nSPS) is 19.8. The average Bonchev–Trinajstić information content (AvgIpc) is 2.98. The number of hydrogen-bond donors (Lipinski definition) is 0. The van der Waals surface area contributed by atoms with E-state index in [-0.39, 0.29) is 11.9 Å². The molecule has 3 nitrogen and oxygen atoms in total. The average molecular weight is 269 g/mol. The summed E-state index contributed by atoms with van der Waals surface area (Å²) in [7, 11) is 0. The SMILES string of the molecule is Fc1ccc2nc(CCl)n(CC3CCCO3)c2c1. The van der Waals surface area contributed by atoms with Crippen LogP contribution in [0.25, 0.3) is 11.0 Å². The van der Waals surface area contributed by atoms with Crippen LogP contribution in [0.15, 0.2) is 18.2 Å². The van der Waals surface area contributed by atoms with Gasteiger partial charge in [0.1, 0.15) is 11.6 Å². The monoisotopic (exact) mass is 268 g/mol. The van der Waals surface area contributed by atoms with Crippen LogP contribution in [0.3, 0.4) is 0 Å². The minimum absolute atomic E-state index is 0.188. The van der Waals surface area contributed by atoms with Crippen molar-refractivity contribution in [1.29, 1.82) is 0 Å². The molecule has 0 radical (unpaired) electrons. The van der Waals surface area contributed by atoms with E-state index >= 15 is 0 Å². The summed E-state index contributed by atoms with van der Waals surface area (Å²) in [6.45, 7) is 1.50. The fourth-order valence-electron chi connectivity index (χ4n) is 2.44. The van der Waals surface area contributed by atoms with Crippen LogP contribution in [-0.4, -0.2) is 22.3 Å². The van der Waals surface area contributed by atoms with E-state index in [0.717, 1.165) is 36.3 Å². The number of aromatic nitrogens is 2. The van der Waals surface area contributed by atoms with Gasteiger partial charge in [-0.25, -0.2) is 9.37 Å². The van der Waals surface area contributed by atoms with Crippen molar-refractivity contribution >= 4 is 22.6 Å². The van der Waals surface area contributed by atoms with Gasteiger partial charge in [-0.1, -0.05) is 0 Å². The van der Waals surface area contributed by atoms with E-state index in [4.69, 9.17) is 16.3 Å². The van der Waals surface area contributed by atoms with Crippen LogP contribution in [0, 0.1) is 5.82 Å². The molecule has 1 aliphatic heterocycles. The van der Waals surface area contributed by atoms with Crippen molar-refractivity contribution in [2.75, 3.05) is 6.61 Å². The van der Waals surface area contributed by atoms with E-state index in [9.17, 15) is 4.39 Å². The highest BCUT2D eigenvalue weighted by Crippen LogP contribution is 2.22. The lowest BCUT2D eigenvalue weighted by Gasteiger charge is -2.13. The number of alkyl halides is 1. The standard InChI is InChI=1S/C13H14ClFN2O/c14-7-13-16-11-4-3-9(15)6-12(11)17(13)8-10-2-1-5-18-10/h3-4,6,10H,1-2,5,7-8H2. The zero-order valence-corrected chi connectivity index (χ0v) is 10.7. The van der Waals surface area contributed by atoms with E-state index in [1.54, 1.807) is 6.07 Å². The molecule has 3 rings (SSSR count). The third-order valence-electron chi connectivity index (χ3n) is 3.32. The molecule has 0 saturated carbocycles. The second-order valence-corrected chi connectivity index (χ2v) is 4.81. The molecule has 1 atom stereocenters. The van der Waals surface area contributed by atoms with Crippen molar-refractivity contribution in [3.63, 3.8) is 0 Å². The Morgan fingerprint density at radius 1 is 1.50 bits per heavy atom. The molecule has 2 heterocycles. The lowest BCUT2D eigenvalue weighted by Crippen LogP contribution is -2.16. The van der Waals surface area contributed by atoms with Crippen molar-refractivity contribution in [1.82, 2.24) is 9.55 Å². The first-order valence-electron chi connectivity index (χ1n) is 6.10. The predicted molar refractivity (Wildman–Crippen MR) is 68.2 cm³/mol. The summed E-state index contributed by atoms with van der Waals surface area (Å²) in [5, 5.41) is 0. The summed E-state index contributed by atoms with van der Waals surface area (Å²) in [5.41, 5.74) is 1.58. The molecular formula is C13H14ClFN2O. The van der Waals surface area contributed by atoms with Gasteiger partial charge >= 0.3 is 0 Å². The Morgan fingerprint density at radius 3 is 3.11 bits per heavy atom. The van der Waals surface area contributed by atoms with Gasteiger partial charge in [0.25, 0.3) is 0 Å². The van der Waals surface area contributed by atoms with Crippen molar-refractivity contribution in [2.24, 2.45) is 0 Å². The fourth-order valence-corrected chi connectivity index (χ4v) is 2.65. The smallest absolute Gasteiger partial charge is 0.125 e. The second-order valence-electron chi connectivity index (χ2n) is 4.54. The Morgan fingerprint density at radius 2 is 2.39 bits per heavy atom. The van der Waals surface area contributed by atoms with Crippen LogP contribution in [0.5, 0.6) is 0 Å². The van der Waals surface area contributed by atoms with E-state index in [1.165, 1.54) is 12.1 Å². The Hall–Kier alpha value is -1.13. The maximum atomic E-state index is 13.3. The van der Waals surface area contributed by atoms with Gasteiger partial charge in [0.05, 0.1) is 29.6 Å². The molecular weight excluding hydrogens is 255 g/mol. The Kier molecular flexibility index (Phi) is 3.22. The maximum absolute atomic E-state index is 13.3. The number of rotatable bonds is 3. The van der Waals surface area contributed by atoms with Gasteiger partial charge in [-0.15, -0.1) is 11.6 Å². The molecule has 96 valence electrons. The van der Waals surface area contributed by atoms with Gasteiger partial charge < -0.3 is 9.30 Å². The maximum Gasteiger partial charge on any atom is 0.125 e. The first-order chi connectivity index (χ1) is 8.78. The fraction of sp³-hybridized carbons (Fsp3) is 0.462. The summed E-state index contributed by atoms with van der Waals surface area (Å²) in [5.74, 6) is 0.841. The molecule has 0 spiro atoms. The lowest BCUT2D eigenvalue weighted by molar-refractivity contribution is 0.0973. The quantitative estimate of drug-likeness (QED) is 0.800. The lowest BCUT2D eigenvalue weighted by atomic mass is 10.2. The molecule has 1 saturated heterocycles. The summed E-state index contributed by atoms with van der Waals surface area (Å²) < 4.78 is 20.9. The van der Waals surface area contributed by atoms with Crippen molar-refractivity contribution in [2.45, 2.75) is 31.4 Å². The van der Waals surface area contributed by atoms with Gasteiger partial charge in [0.15, 0.2) is 0 Å². The third kappa shape index (κ3) is 2.10. The summed E-state index contributed by atoms with van der Waals surface area (Å²) in [6, 6.07) is 4.61. The molecule has 1 aliphatic rings. The molecule has 0 bridgehead atoms. The number of fused-ring (bicyclic) bond motifs is 1. The topological polar surface area (TPSA) is 27.1 Å². The minimum Gasteiger partial charge on any atom is -0.376 e. The molecule has 5 heteroatoms. The molecule has 2 aromatic rings. The third-order valence-corrected chi connectivity index (χ3v) is 3.56. The summed E-state index contributed by atoms with van der Waals surface area (Å²) >= 11 is 5.91. The van der Waals surface area contributed by atoms with Gasteiger partial charge in [-0.05, 0) is 31.0 Å².